The third-order valence-corrected chi connectivity index (χ3v) is 3.33. The van der Waals surface area contributed by atoms with Crippen LogP contribution < -0.4 is 5.73 Å². The van der Waals surface area contributed by atoms with E-state index in [0.717, 1.165) is 29.3 Å². The molecule has 2 aromatic carbocycles. The fourth-order valence-corrected chi connectivity index (χ4v) is 2.33. The highest BCUT2D eigenvalue weighted by atomic mass is 19.1. The molecule has 0 amide bonds. The minimum atomic E-state index is -1.05. The molecule has 2 rings (SSSR count). The van der Waals surface area contributed by atoms with Crippen LogP contribution in [0.1, 0.15) is 28.7 Å². The topological polar surface area (TPSA) is 46.2 Å². The number of nitrogens with two attached hydrogens (primary N) is 1. The van der Waals surface area contributed by atoms with Crippen LogP contribution in [0.3, 0.4) is 0 Å². The second kappa shape index (κ2) is 6.11. The first-order chi connectivity index (χ1) is 9.51. The van der Waals surface area contributed by atoms with Crippen LogP contribution in [0.5, 0.6) is 0 Å². The third kappa shape index (κ3) is 3.21. The maximum Gasteiger partial charge on any atom is 0.126 e. The molecule has 4 heteroatoms. The lowest BCUT2D eigenvalue weighted by molar-refractivity contribution is 0.146. The van der Waals surface area contributed by atoms with Gasteiger partial charge in [0, 0.05) is 18.5 Å². The van der Waals surface area contributed by atoms with Crippen molar-refractivity contribution < 1.29 is 13.9 Å². The molecule has 0 aromatic heterocycles. The molecule has 0 fully saturated rings. The van der Waals surface area contributed by atoms with Crippen LogP contribution in [0.4, 0.5) is 8.78 Å². The maximum atomic E-state index is 13.2. The highest BCUT2D eigenvalue weighted by Crippen LogP contribution is 2.31. The molecule has 2 aromatic rings. The Labute approximate surface area is 116 Å². The van der Waals surface area contributed by atoms with Crippen LogP contribution in [-0.4, -0.2) is 11.7 Å². The summed E-state index contributed by atoms with van der Waals surface area (Å²) in [5.74, 6) is -1.82. The Balaban J connectivity index is 2.35. The average Bonchev–Trinajstić information content (AvgIpc) is 2.38. The number of aliphatic hydroxyl groups excluding tert-OH is 1. The number of halogens is 2. The Morgan fingerprint density at radius 3 is 2.25 bits per heavy atom. The largest absolute Gasteiger partial charge is 0.388 e. The van der Waals surface area contributed by atoms with Gasteiger partial charge in [-0.25, -0.2) is 8.78 Å². The zero-order valence-electron chi connectivity index (χ0n) is 11.2. The average molecular weight is 277 g/mol. The second-order valence-electron chi connectivity index (χ2n) is 4.90. The fraction of sp³-hybridized carbons (Fsp3) is 0.250. The van der Waals surface area contributed by atoms with Crippen molar-refractivity contribution in [2.24, 2.45) is 5.73 Å². The molecule has 0 aliphatic carbocycles. The lowest BCUT2D eigenvalue weighted by Crippen LogP contribution is -2.20. The molecule has 0 saturated carbocycles. The van der Waals surface area contributed by atoms with Gasteiger partial charge in [-0.2, -0.15) is 0 Å². The first-order valence-electron chi connectivity index (χ1n) is 6.42. The van der Waals surface area contributed by atoms with Crippen molar-refractivity contribution in [1.82, 2.24) is 0 Å². The van der Waals surface area contributed by atoms with Crippen LogP contribution in [0.2, 0.25) is 0 Å². The summed E-state index contributed by atoms with van der Waals surface area (Å²) in [5, 5.41) is 10.4. The lowest BCUT2D eigenvalue weighted by Gasteiger charge is -2.22. The van der Waals surface area contributed by atoms with Gasteiger partial charge in [0.15, 0.2) is 0 Å². The molecule has 3 N–H and O–H groups in total. The summed E-state index contributed by atoms with van der Waals surface area (Å²) in [6.45, 7) is 2.12. The molecule has 0 spiro atoms. The van der Waals surface area contributed by atoms with Gasteiger partial charge >= 0.3 is 0 Å². The normalized spacial score (nSPS) is 14.1. The Morgan fingerprint density at radius 1 is 1.05 bits per heavy atom. The minimum Gasteiger partial charge on any atom is -0.388 e. The van der Waals surface area contributed by atoms with Crippen LogP contribution in [0.15, 0.2) is 42.5 Å². The van der Waals surface area contributed by atoms with Gasteiger partial charge in [0.25, 0.3) is 0 Å². The van der Waals surface area contributed by atoms with E-state index in [0.29, 0.717) is 0 Å². The highest BCUT2D eigenvalue weighted by molar-refractivity contribution is 5.30. The minimum absolute atomic E-state index is 0.183. The summed E-state index contributed by atoms with van der Waals surface area (Å²) in [5.41, 5.74) is 7.81. The van der Waals surface area contributed by atoms with E-state index in [4.69, 9.17) is 5.73 Å². The number of rotatable bonds is 4. The van der Waals surface area contributed by atoms with Crippen LogP contribution in [-0.2, 0) is 0 Å². The van der Waals surface area contributed by atoms with Crippen molar-refractivity contribution in [2.45, 2.75) is 18.9 Å². The molecule has 0 heterocycles. The maximum absolute atomic E-state index is 13.2. The molecule has 2 nitrogen and oxygen atoms in total. The van der Waals surface area contributed by atoms with E-state index in [-0.39, 0.29) is 12.1 Å². The predicted molar refractivity (Wildman–Crippen MR) is 74.3 cm³/mol. The zero-order chi connectivity index (χ0) is 14.7. The van der Waals surface area contributed by atoms with E-state index in [9.17, 15) is 13.9 Å². The predicted octanol–water partition coefficient (Wildman–Crippen LogP) is 3.05. The molecule has 0 aliphatic heterocycles. The zero-order valence-corrected chi connectivity index (χ0v) is 11.2. The summed E-state index contributed by atoms with van der Waals surface area (Å²) in [6.07, 6.45) is -1.05. The Bertz CT molecular complexity index is 581. The van der Waals surface area contributed by atoms with Gasteiger partial charge in [-0.3, -0.25) is 0 Å². The lowest BCUT2D eigenvalue weighted by atomic mass is 9.88. The molecule has 0 radical (unpaired) electrons. The van der Waals surface area contributed by atoms with Crippen molar-refractivity contribution in [3.63, 3.8) is 0 Å². The van der Waals surface area contributed by atoms with E-state index < -0.39 is 23.7 Å². The van der Waals surface area contributed by atoms with Crippen molar-refractivity contribution in [3.8, 4) is 0 Å². The van der Waals surface area contributed by atoms with Gasteiger partial charge in [-0.15, -0.1) is 0 Å². The van der Waals surface area contributed by atoms with E-state index in [1.54, 1.807) is 0 Å². The van der Waals surface area contributed by atoms with Gasteiger partial charge in [0.05, 0.1) is 6.10 Å². The molecule has 2 atom stereocenters. The van der Waals surface area contributed by atoms with Gasteiger partial charge in [0.1, 0.15) is 11.6 Å². The highest BCUT2D eigenvalue weighted by Gasteiger charge is 2.22. The Kier molecular flexibility index (Phi) is 4.47. The van der Waals surface area contributed by atoms with Gasteiger partial charge < -0.3 is 10.8 Å². The Hall–Kier alpha value is -1.78. The molecule has 106 valence electrons. The van der Waals surface area contributed by atoms with Gasteiger partial charge in [0.2, 0.25) is 0 Å². The van der Waals surface area contributed by atoms with E-state index in [2.05, 4.69) is 0 Å². The smallest absolute Gasteiger partial charge is 0.126 e. The molecule has 2 unspecified atom stereocenters. The molecule has 0 aliphatic rings. The summed E-state index contributed by atoms with van der Waals surface area (Å²) >= 11 is 0. The summed E-state index contributed by atoms with van der Waals surface area (Å²) in [6, 6.07) is 10.6. The first kappa shape index (κ1) is 14.6. The summed E-state index contributed by atoms with van der Waals surface area (Å²) in [4.78, 5) is 0. The summed E-state index contributed by atoms with van der Waals surface area (Å²) < 4.78 is 26.5. The van der Waals surface area contributed by atoms with Crippen molar-refractivity contribution in [1.29, 1.82) is 0 Å². The molecular formula is C16H17F2NO. The number of hydrogen-bond donors (Lipinski definition) is 2. The fourth-order valence-electron chi connectivity index (χ4n) is 2.33. The Morgan fingerprint density at radius 2 is 1.70 bits per heavy atom. The van der Waals surface area contributed by atoms with E-state index >= 15 is 0 Å². The first-order valence-corrected chi connectivity index (χ1v) is 6.42. The van der Waals surface area contributed by atoms with Crippen LogP contribution in [0, 0.1) is 18.6 Å². The van der Waals surface area contributed by atoms with E-state index in [1.807, 2.05) is 31.2 Å². The van der Waals surface area contributed by atoms with Crippen molar-refractivity contribution >= 4 is 0 Å². The molecule has 0 bridgehead atoms. The van der Waals surface area contributed by atoms with Crippen LogP contribution >= 0.6 is 0 Å². The SMILES string of the molecule is Cc1cccc(C(CN)C(O)c2cc(F)cc(F)c2)c1. The summed E-state index contributed by atoms with van der Waals surface area (Å²) in [7, 11) is 0. The quantitative estimate of drug-likeness (QED) is 0.902. The molecular weight excluding hydrogens is 260 g/mol. The standard InChI is InChI=1S/C16H17F2NO/c1-10-3-2-4-11(5-10)15(9-19)16(20)12-6-13(17)8-14(18)7-12/h2-8,15-16,20H,9,19H2,1H3. The molecule has 20 heavy (non-hydrogen) atoms. The van der Waals surface area contributed by atoms with Crippen molar-refractivity contribution in [3.05, 3.63) is 70.8 Å². The van der Waals surface area contributed by atoms with Crippen LogP contribution in [0.25, 0.3) is 0 Å². The number of hydrogen-bond acceptors (Lipinski definition) is 2. The molecule has 0 saturated heterocycles. The van der Waals surface area contributed by atoms with Gasteiger partial charge in [-0.1, -0.05) is 29.8 Å². The van der Waals surface area contributed by atoms with Gasteiger partial charge in [-0.05, 0) is 30.2 Å². The number of aryl methyl sites for hydroxylation is 1. The second-order valence-corrected chi connectivity index (χ2v) is 4.90. The van der Waals surface area contributed by atoms with Crippen molar-refractivity contribution in [2.75, 3.05) is 6.54 Å². The number of aliphatic hydroxyl groups is 1. The number of benzene rings is 2. The third-order valence-electron chi connectivity index (χ3n) is 3.33. The monoisotopic (exact) mass is 277 g/mol. The van der Waals surface area contributed by atoms with E-state index in [1.165, 1.54) is 0 Å².